The van der Waals surface area contributed by atoms with Crippen LogP contribution in [0.25, 0.3) is 28.4 Å². The third kappa shape index (κ3) is 2.34. The molecule has 1 aromatic heterocycles. The normalized spacial score (nSPS) is 15.2. The van der Waals surface area contributed by atoms with E-state index in [9.17, 15) is 4.79 Å². The standard InChI is InChI=1S/C20H16O3/c1-20(2)11-10-15-17(23-20)9-8-14-16(21)12-18(22-19(14)15)13-6-4-3-5-7-13/h3-12H,1-2H3. The zero-order valence-corrected chi connectivity index (χ0v) is 13.0. The van der Waals surface area contributed by atoms with Crippen molar-refractivity contribution in [2.24, 2.45) is 0 Å². The largest absolute Gasteiger partial charge is 0.483 e. The van der Waals surface area contributed by atoms with Gasteiger partial charge < -0.3 is 9.15 Å². The average Bonchev–Trinajstić information content (AvgIpc) is 2.54. The third-order valence-corrected chi connectivity index (χ3v) is 3.98. The minimum atomic E-state index is -0.363. The molecule has 2 aromatic carbocycles. The Kier molecular flexibility index (Phi) is 2.91. The van der Waals surface area contributed by atoms with Gasteiger partial charge in [0.05, 0.1) is 10.9 Å². The van der Waals surface area contributed by atoms with Crippen LogP contribution in [0.2, 0.25) is 0 Å². The van der Waals surface area contributed by atoms with E-state index in [4.69, 9.17) is 9.15 Å². The van der Waals surface area contributed by atoms with E-state index >= 15 is 0 Å². The van der Waals surface area contributed by atoms with Crippen molar-refractivity contribution < 1.29 is 9.15 Å². The number of ether oxygens (including phenoxy) is 1. The van der Waals surface area contributed by atoms with Gasteiger partial charge in [-0.2, -0.15) is 0 Å². The highest BCUT2D eigenvalue weighted by Gasteiger charge is 2.24. The smallest absolute Gasteiger partial charge is 0.193 e. The second kappa shape index (κ2) is 4.85. The maximum Gasteiger partial charge on any atom is 0.193 e. The van der Waals surface area contributed by atoms with Gasteiger partial charge in [-0.25, -0.2) is 0 Å². The number of fused-ring (bicyclic) bond motifs is 3. The van der Waals surface area contributed by atoms with Gasteiger partial charge in [-0.1, -0.05) is 30.3 Å². The number of hydrogen-bond acceptors (Lipinski definition) is 3. The summed E-state index contributed by atoms with van der Waals surface area (Å²) in [6.07, 6.45) is 3.95. The Morgan fingerprint density at radius 3 is 2.57 bits per heavy atom. The lowest BCUT2D eigenvalue weighted by molar-refractivity contribution is 0.159. The van der Waals surface area contributed by atoms with Crippen LogP contribution in [-0.2, 0) is 0 Å². The molecule has 0 unspecified atom stereocenters. The molecule has 0 saturated heterocycles. The first-order valence-electron chi connectivity index (χ1n) is 7.58. The van der Waals surface area contributed by atoms with E-state index < -0.39 is 0 Å². The fourth-order valence-corrected chi connectivity index (χ4v) is 2.81. The van der Waals surface area contributed by atoms with Crippen molar-refractivity contribution in [3.8, 4) is 17.1 Å². The van der Waals surface area contributed by atoms with Crippen LogP contribution < -0.4 is 10.2 Å². The quantitative estimate of drug-likeness (QED) is 0.657. The molecular formula is C20H16O3. The van der Waals surface area contributed by atoms with Gasteiger partial charge in [-0.3, -0.25) is 4.79 Å². The molecule has 0 fully saturated rings. The molecule has 0 bridgehead atoms. The molecule has 0 spiro atoms. The lowest BCUT2D eigenvalue weighted by Gasteiger charge is -2.28. The van der Waals surface area contributed by atoms with Gasteiger partial charge in [0.15, 0.2) is 5.43 Å². The average molecular weight is 304 g/mol. The summed E-state index contributed by atoms with van der Waals surface area (Å²) < 4.78 is 12.0. The number of rotatable bonds is 1. The first kappa shape index (κ1) is 13.8. The first-order chi connectivity index (χ1) is 11.0. The SMILES string of the molecule is CC1(C)C=Cc2c(ccc3c(=O)cc(-c4ccccc4)oc23)O1. The Bertz CT molecular complexity index is 979. The Labute approximate surface area is 133 Å². The predicted octanol–water partition coefficient (Wildman–Crippen LogP) is 4.64. The minimum absolute atomic E-state index is 0.0499. The molecule has 4 rings (SSSR count). The van der Waals surface area contributed by atoms with E-state index in [1.54, 1.807) is 12.1 Å². The molecular weight excluding hydrogens is 288 g/mol. The Morgan fingerprint density at radius 1 is 1.00 bits per heavy atom. The van der Waals surface area contributed by atoms with E-state index in [0.29, 0.717) is 16.7 Å². The molecule has 0 saturated carbocycles. The molecule has 0 aliphatic carbocycles. The van der Waals surface area contributed by atoms with Gasteiger partial charge in [0, 0.05) is 11.6 Å². The van der Waals surface area contributed by atoms with Crippen LogP contribution in [-0.4, -0.2) is 5.60 Å². The van der Waals surface area contributed by atoms with Gasteiger partial charge in [0.2, 0.25) is 0 Å². The highest BCUT2D eigenvalue weighted by atomic mass is 16.5. The minimum Gasteiger partial charge on any atom is -0.483 e. The van der Waals surface area contributed by atoms with Crippen LogP contribution in [0, 0.1) is 0 Å². The molecule has 1 aliphatic heterocycles. The fraction of sp³-hybridized carbons (Fsp3) is 0.150. The molecule has 0 radical (unpaired) electrons. The lowest BCUT2D eigenvalue weighted by atomic mass is 10.0. The first-order valence-corrected chi connectivity index (χ1v) is 7.58. The Balaban J connectivity index is 2.00. The highest BCUT2D eigenvalue weighted by molar-refractivity contribution is 5.90. The summed E-state index contributed by atoms with van der Waals surface area (Å²) in [5.41, 5.74) is 1.85. The molecule has 2 heterocycles. The van der Waals surface area contributed by atoms with Crippen LogP contribution in [0.5, 0.6) is 5.75 Å². The Hall–Kier alpha value is -2.81. The van der Waals surface area contributed by atoms with Gasteiger partial charge in [0.1, 0.15) is 22.7 Å². The molecule has 0 N–H and O–H groups in total. The summed E-state index contributed by atoms with van der Waals surface area (Å²) in [6, 6.07) is 14.8. The van der Waals surface area contributed by atoms with Crippen LogP contribution in [0.1, 0.15) is 19.4 Å². The summed E-state index contributed by atoms with van der Waals surface area (Å²) >= 11 is 0. The van der Waals surface area contributed by atoms with Crippen molar-refractivity contribution in [2.75, 3.05) is 0 Å². The zero-order chi connectivity index (χ0) is 16.0. The van der Waals surface area contributed by atoms with Crippen LogP contribution in [0.15, 0.2) is 63.8 Å². The van der Waals surface area contributed by atoms with Crippen molar-refractivity contribution in [2.45, 2.75) is 19.4 Å². The number of benzene rings is 2. The van der Waals surface area contributed by atoms with Crippen molar-refractivity contribution >= 4 is 17.0 Å². The van der Waals surface area contributed by atoms with E-state index in [0.717, 1.165) is 16.9 Å². The second-order valence-electron chi connectivity index (χ2n) is 6.23. The summed E-state index contributed by atoms with van der Waals surface area (Å²) in [4.78, 5) is 12.5. The van der Waals surface area contributed by atoms with Crippen molar-refractivity contribution in [1.82, 2.24) is 0 Å². The lowest BCUT2D eigenvalue weighted by Crippen LogP contribution is -2.27. The predicted molar refractivity (Wildman–Crippen MR) is 91.7 cm³/mol. The van der Waals surface area contributed by atoms with Gasteiger partial charge in [-0.15, -0.1) is 0 Å². The summed E-state index contributed by atoms with van der Waals surface area (Å²) in [7, 11) is 0. The maximum atomic E-state index is 12.5. The van der Waals surface area contributed by atoms with Crippen LogP contribution >= 0.6 is 0 Å². The molecule has 3 nitrogen and oxygen atoms in total. The summed E-state index contributed by atoms with van der Waals surface area (Å²) in [5, 5.41) is 0.566. The second-order valence-corrected chi connectivity index (χ2v) is 6.23. The van der Waals surface area contributed by atoms with Gasteiger partial charge in [-0.05, 0) is 38.1 Å². The maximum absolute atomic E-state index is 12.5. The van der Waals surface area contributed by atoms with Crippen LogP contribution in [0.3, 0.4) is 0 Å². The fourth-order valence-electron chi connectivity index (χ4n) is 2.81. The number of hydrogen-bond donors (Lipinski definition) is 0. The molecule has 0 atom stereocenters. The van der Waals surface area contributed by atoms with Crippen molar-refractivity contribution in [3.63, 3.8) is 0 Å². The van der Waals surface area contributed by atoms with Crippen molar-refractivity contribution in [1.29, 1.82) is 0 Å². The van der Waals surface area contributed by atoms with E-state index in [1.165, 1.54) is 0 Å². The molecule has 23 heavy (non-hydrogen) atoms. The molecule has 1 aliphatic rings. The van der Waals surface area contributed by atoms with E-state index in [-0.39, 0.29) is 11.0 Å². The summed E-state index contributed by atoms with van der Waals surface area (Å²) in [5.74, 6) is 1.30. The molecule has 3 heteroatoms. The van der Waals surface area contributed by atoms with E-state index in [2.05, 4.69) is 0 Å². The van der Waals surface area contributed by atoms with E-state index in [1.807, 2.05) is 62.4 Å². The van der Waals surface area contributed by atoms with Crippen molar-refractivity contribution in [3.05, 3.63) is 70.4 Å². The Morgan fingerprint density at radius 2 is 1.78 bits per heavy atom. The zero-order valence-electron chi connectivity index (χ0n) is 13.0. The molecule has 3 aromatic rings. The molecule has 0 amide bonds. The van der Waals surface area contributed by atoms with Gasteiger partial charge >= 0.3 is 0 Å². The van der Waals surface area contributed by atoms with Gasteiger partial charge in [0.25, 0.3) is 0 Å². The summed E-state index contributed by atoms with van der Waals surface area (Å²) in [6.45, 7) is 3.99. The van der Waals surface area contributed by atoms with Crippen LogP contribution in [0.4, 0.5) is 0 Å². The highest BCUT2D eigenvalue weighted by Crippen LogP contribution is 2.36. The third-order valence-electron chi connectivity index (χ3n) is 3.98. The molecule has 114 valence electrons. The topological polar surface area (TPSA) is 39.4 Å². The monoisotopic (exact) mass is 304 g/mol.